The maximum Gasteiger partial charge on any atom is 0.247 e. The summed E-state index contributed by atoms with van der Waals surface area (Å²) in [5.74, 6) is 1.72. The summed E-state index contributed by atoms with van der Waals surface area (Å²) in [5.41, 5.74) is 5.66. The Bertz CT molecular complexity index is 2780. The van der Waals surface area contributed by atoms with Crippen LogP contribution in [-0.4, -0.2) is 66.1 Å². The standard InChI is InChI=1S/C20H17ClN4O3.C18H14ClN5O3S/c21-18-7-4-15(27)11-17(18)13-1-8-19-23-20(24-25(19)12-13)22-14-2-5-16(6-3-14)28-10-9-26;19-16-7-4-13(25)9-15(16)11-1-8-17-22-18(23-24(17)10-11)21-12-2-5-14(6-3-12)28(20,26)27/h1-8,11-12,26-27H,9-10H2,(H,22,24);1-10,25H,(H,21,23)(H2,20,26,27). The molecule has 56 heavy (non-hydrogen) atoms. The maximum atomic E-state index is 11.3. The van der Waals surface area contributed by atoms with Crippen LogP contribution < -0.4 is 20.5 Å². The third-order valence-corrected chi connectivity index (χ3v) is 9.68. The number of hydrogen-bond donors (Lipinski definition) is 6. The minimum absolute atomic E-state index is 0.0219. The van der Waals surface area contributed by atoms with Gasteiger partial charge < -0.3 is 30.7 Å². The SMILES string of the molecule is NS(=O)(=O)c1ccc(Nc2nc3ccc(-c4cc(O)ccc4Cl)cn3n2)cc1.OCCOc1ccc(Nc2nc3ccc(-c4cc(O)ccc4Cl)cn3n2)cc1. The molecule has 18 heteroatoms. The second-order valence-electron chi connectivity index (χ2n) is 12.1. The fraction of sp³-hybridized carbons (Fsp3) is 0.0526. The van der Waals surface area contributed by atoms with E-state index in [1.165, 1.54) is 18.2 Å². The Hall–Kier alpha value is -6.43. The first-order valence-corrected chi connectivity index (χ1v) is 18.9. The number of phenolic OH excluding ortho intramolecular Hbond substituents is 2. The fourth-order valence-corrected chi connectivity index (χ4v) is 6.41. The van der Waals surface area contributed by atoms with E-state index in [1.54, 1.807) is 82.1 Å². The zero-order chi connectivity index (χ0) is 39.4. The second-order valence-corrected chi connectivity index (χ2v) is 14.4. The number of fused-ring (bicyclic) bond motifs is 2. The van der Waals surface area contributed by atoms with Crippen LogP contribution in [0.15, 0.2) is 126 Å². The molecule has 0 unspecified atom stereocenters. The van der Waals surface area contributed by atoms with Gasteiger partial charge in [-0.3, -0.25) is 0 Å². The summed E-state index contributed by atoms with van der Waals surface area (Å²) in [4.78, 5) is 8.84. The van der Waals surface area contributed by atoms with Crippen molar-refractivity contribution in [2.75, 3.05) is 23.8 Å². The van der Waals surface area contributed by atoms with Gasteiger partial charge in [0.05, 0.1) is 11.5 Å². The number of aromatic nitrogens is 6. The molecular weight excluding hydrogens is 781 g/mol. The van der Waals surface area contributed by atoms with E-state index in [0.29, 0.717) is 55.8 Å². The molecule has 0 aliphatic carbocycles. The first-order valence-electron chi connectivity index (χ1n) is 16.6. The smallest absolute Gasteiger partial charge is 0.247 e. The van der Waals surface area contributed by atoms with Gasteiger partial charge in [0.15, 0.2) is 11.3 Å². The van der Waals surface area contributed by atoms with Crippen molar-refractivity contribution in [1.29, 1.82) is 0 Å². The number of aliphatic hydroxyl groups excluding tert-OH is 1. The minimum atomic E-state index is -3.74. The molecule has 0 fully saturated rings. The number of halogens is 2. The summed E-state index contributed by atoms with van der Waals surface area (Å²) < 4.78 is 31.2. The van der Waals surface area contributed by atoms with Crippen LogP contribution in [0.4, 0.5) is 23.3 Å². The topological polar surface area (TPSA) is 215 Å². The average molecular weight is 813 g/mol. The van der Waals surface area contributed by atoms with Gasteiger partial charge >= 0.3 is 0 Å². The molecule has 0 bridgehead atoms. The van der Waals surface area contributed by atoms with Crippen LogP contribution in [0.3, 0.4) is 0 Å². The molecule has 0 spiro atoms. The molecule has 0 radical (unpaired) electrons. The maximum absolute atomic E-state index is 11.3. The third-order valence-electron chi connectivity index (χ3n) is 8.09. The van der Waals surface area contributed by atoms with E-state index in [9.17, 15) is 18.6 Å². The van der Waals surface area contributed by atoms with Gasteiger partial charge in [-0.15, -0.1) is 10.2 Å². The van der Waals surface area contributed by atoms with Crippen LogP contribution >= 0.6 is 23.2 Å². The number of nitrogens with one attached hydrogen (secondary N) is 2. The lowest BCUT2D eigenvalue weighted by atomic mass is 10.1. The number of hydrogen-bond acceptors (Lipinski definition) is 12. The molecule has 8 rings (SSSR count). The lowest BCUT2D eigenvalue weighted by molar-refractivity contribution is 0.201. The number of nitrogens with zero attached hydrogens (tertiary/aromatic N) is 6. The van der Waals surface area contributed by atoms with E-state index in [4.69, 9.17) is 38.2 Å². The number of anilines is 4. The molecule has 4 aromatic carbocycles. The number of primary sulfonamides is 1. The summed E-state index contributed by atoms with van der Waals surface area (Å²) in [6, 6.07) is 30.1. The minimum Gasteiger partial charge on any atom is -0.508 e. The monoisotopic (exact) mass is 811 g/mol. The Morgan fingerprint density at radius 1 is 0.661 bits per heavy atom. The molecule has 284 valence electrons. The molecule has 0 saturated heterocycles. The molecule has 0 aliphatic heterocycles. The lowest BCUT2D eigenvalue weighted by Gasteiger charge is -2.05. The Kier molecular flexibility index (Phi) is 10.9. The predicted octanol–water partition coefficient (Wildman–Crippen LogP) is 7.02. The quantitative estimate of drug-likeness (QED) is 0.0822. The van der Waals surface area contributed by atoms with Crippen LogP contribution in [0.25, 0.3) is 33.5 Å². The highest BCUT2D eigenvalue weighted by Gasteiger charge is 2.12. The van der Waals surface area contributed by atoms with Crippen LogP contribution in [-0.2, 0) is 10.0 Å². The van der Waals surface area contributed by atoms with E-state index in [0.717, 1.165) is 16.8 Å². The molecule has 4 aromatic heterocycles. The first kappa shape index (κ1) is 37.9. The summed E-state index contributed by atoms with van der Waals surface area (Å²) in [6.45, 7) is 0.229. The van der Waals surface area contributed by atoms with E-state index in [-0.39, 0.29) is 29.6 Å². The average Bonchev–Trinajstić information content (AvgIpc) is 3.78. The van der Waals surface area contributed by atoms with Crippen LogP contribution in [0.2, 0.25) is 10.0 Å². The molecule has 0 atom stereocenters. The predicted molar refractivity (Wildman–Crippen MR) is 214 cm³/mol. The van der Waals surface area contributed by atoms with E-state index in [2.05, 4.69) is 30.8 Å². The van der Waals surface area contributed by atoms with Crippen molar-refractivity contribution in [2.45, 2.75) is 4.90 Å². The zero-order valence-electron chi connectivity index (χ0n) is 29.0. The Morgan fingerprint density at radius 2 is 1.12 bits per heavy atom. The molecular formula is C38H31Cl2N9O6S. The van der Waals surface area contributed by atoms with Crippen molar-refractivity contribution in [2.24, 2.45) is 5.14 Å². The number of sulfonamides is 1. The molecule has 0 amide bonds. The molecule has 7 N–H and O–H groups in total. The number of aromatic hydroxyl groups is 2. The zero-order valence-corrected chi connectivity index (χ0v) is 31.3. The third kappa shape index (κ3) is 8.92. The number of nitrogens with two attached hydrogens (primary N) is 1. The molecule has 0 aliphatic rings. The number of benzene rings is 4. The Balaban J connectivity index is 0.000000172. The van der Waals surface area contributed by atoms with Gasteiger partial charge in [-0.1, -0.05) is 23.2 Å². The number of pyridine rings is 2. The summed E-state index contributed by atoms with van der Waals surface area (Å²) in [6.07, 6.45) is 3.55. The highest BCUT2D eigenvalue weighted by atomic mass is 35.5. The van der Waals surface area contributed by atoms with Gasteiger partial charge in [0.25, 0.3) is 0 Å². The van der Waals surface area contributed by atoms with E-state index >= 15 is 0 Å². The van der Waals surface area contributed by atoms with Crippen molar-refractivity contribution in [3.63, 3.8) is 0 Å². The first-order chi connectivity index (χ1) is 26.9. The van der Waals surface area contributed by atoms with Gasteiger partial charge in [-0.25, -0.2) is 22.6 Å². The summed E-state index contributed by atoms with van der Waals surface area (Å²) >= 11 is 12.5. The van der Waals surface area contributed by atoms with Gasteiger partial charge in [-0.05, 0) is 109 Å². The molecule has 15 nitrogen and oxygen atoms in total. The van der Waals surface area contributed by atoms with Crippen LogP contribution in [0, 0.1) is 0 Å². The number of aliphatic hydroxyl groups is 1. The number of ether oxygens (including phenoxy) is 1. The molecule has 8 aromatic rings. The highest BCUT2D eigenvalue weighted by molar-refractivity contribution is 7.89. The summed E-state index contributed by atoms with van der Waals surface area (Å²) in [5, 5.41) is 49.3. The number of rotatable bonds is 10. The summed E-state index contributed by atoms with van der Waals surface area (Å²) in [7, 11) is -3.74. The highest BCUT2D eigenvalue weighted by Crippen LogP contribution is 2.33. The van der Waals surface area contributed by atoms with Crippen molar-refractivity contribution in [3.8, 4) is 39.5 Å². The van der Waals surface area contributed by atoms with E-state index < -0.39 is 10.0 Å². The van der Waals surface area contributed by atoms with Crippen molar-refractivity contribution < 1.29 is 28.5 Å². The Labute approximate surface area is 329 Å². The van der Waals surface area contributed by atoms with Gasteiger partial charge in [0.1, 0.15) is 23.9 Å². The molecule has 0 saturated carbocycles. The molecule has 4 heterocycles. The number of phenols is 2. The van der Waals surface area contributed by atoms with Gasteiger partial charge in [0, 0.05) is 56.1 Å². The van der Waals surface area contributed by atoms with Crippen molar-refractivity contribution >= 4 is 67.8 Å². The Morgan fingerprint density at radius 3 is 1.57 bits per heavy atom. The largest absolute Gasteiger partial charge is 0.508 e. The van der Waals surface area contributed by atoms with Crippen molar-refractivity contribution in [1.82, 2.24) is 29.2 Å². The normalized spacial score (nSPS) is 11.3. The van der Waals surface area contributed by atoms with E-state index in [1.807, 2.05) is 30.3 Å². The van der Waals surface area contributed by atoms with Gasteiger partial charge in [0.2, 0.25) is 21.9 Å². The lowest BCUT2D eigenvalue weighted by Crippen LogP contribution is -2.11. The fourth-order valence-electron chi connectivity index (χ4n) is 5.44. The van der Waals surface area contributed by atoms with Crippen LogP contribution in [0.1, 0.15) is 0 Å². The van der Waals surface area contributed by atoms with Crippen LogP contribution in [0.5, 0.6) is 17.2 Å². The van der Waals surface area contributed by atoms with Crippen molar-refractivity contribution in [3.05, 3.63) is 132 Å². The second kappa shape index (κ2) is 16.1. The van der Waals surface area contributed by atoms with Gasteiger partial charge in [-0.2, -0.15) is 9.97 Å².